The maximum Gasteiger partial charge on any atom is 0.274 e. The molecule has 108 valence electrons. The molecule has 2 N–H and O–H groups in total. The maximum absolute atomic E-state index is 11.9. The first kappa shape index (κ1) is 14.5. The average molecular weight is 288 g/mol. The highest BCUT2D eigenvalue weighted by atomic mass is 32.2. The van der Waals surface area contributed by atoms with Crippen LogP contribution in [0.1, 0.15) is 25.0 Å². The van der Waals surface area contributed by atoms with Gasteiger partial charge in [-0.15, -0.1) is 0 Å². The van der Waals surface area contributed by atoms with E-state index in [0.717, 1.165) is 13.1 Å². The first-order valence-corrected chi connectivity index (χ1v) is 8.02. The third-order valence-electron chi connectivity index (χ3n) is 3.23. The van der Waals surface area contributed by atoms with Gasteiger partial charge in [0.1, 0.15) is 12.4 Å². The SMILES string of the molecule is O=S(=O)(NCCN1CCCCC1)c1ccc(CO)o1. The number of piperidine rings is 1. The minimum atomic E-state index is -3.60. The van der Waals surface area contributed by atoms with Crippen LogP contribution >= 0.6 is 0 Å². The number of aliphatic hydroxyl groups is 1. The molecule has 0 amide bonds. The highest BCUT2D eigenvalue weighted by molar-refractivity contribution is 7.89. The predicted molar refractivity (Wildman–Crippen MR) is 70.1 cm³/mol. The van der Waals surface area contributed by atoms with Gasteiger partial charge in [0.15, 0.2) is 0 Å². The fourth-order valence-corrected chi connectivity index (χ4v) is 3.15. The third-order valence-corrected chi connectivity index (χ3v) is 4.56. The lowest BCUT2D eigenvalue weighted by atomic mass is 10.1. The number of aliphatic hydroxyl groups excluding tert-OH is 1. The minimum absolute atomic E-state index is 0.143. The van der Waals surface area contributed by atoms with Gasteiger partial charge in [-0.2, -0.15) is 0 Å². The first-order chi connectivity index (χ1) is 9.12. The standard InChI is InChI=1S/C12H20N2O4S/c15-10-11-4-5-12(18-11)19(16,17)13-6-9-14-7-2-1-3-8-14/h4-5,13,15H,1-3,6-10H2. The first-order valence-electron chi connectivity index (χ1n) is 6.53. The number of hydrogen-bond donors (Lipinski definition) is 2. The van der Waals surface area contributed by atoms with Crippen LogP contribution in [-0.4, -0.2) is 44.6 Å². The van der Waals surface area contributed by atoms with Gasteiger partial charge in [-0.1, -0.05) is 6.42 Å². The average Bonchev–Trinajstić information content (AvgIpc) is 2.89. The van der Waals surface area contributed by atoms with Crippen molar-refractivity contribution in [2.24, 2.45) is 0 Å². The zero-order valence-electron chi connectivity index (χ0n) is 10.8. The van der Waals surface area contributed by atoms with E-state index in [1.54, 1.807) is 0 Å². The molecule has 19 heavy (non-hydrogen) atoms. The maximum atomic E-state index is 11.9. The Balaban J connectivity index is 1.83. The molecule has 0 saturated carbocycles. The van der Waals surface area contributed by atoms with E-state index >= 15 is 0 Å². The van der Waals surface area contributed by atoms with E-state index in [2.05, 4.69) is 9.62 Å². The van der Waals surface area contributed by atoms with Gasteiger partial charge in [0.2, 0.25) is 5.09 Å². The van der Waals surface area contributed by atoms with E-state index < -0.39 is 10.0 Å². The van der Waals surface area contributed by atoms with Gasteiger partial charge >= 0.3 is 0 Å². The molecule has 6 nitrogen and oxygen atoms in total. The molecule has 1 aliphatic rings. The van der Waals surface area contributed by atoms with Crippen LogP contribution < -0.4 is 4.72 Å². The zero-order chi connectivity index (χ0) is 13.7. The van der Waals surface area contributed by atoms with Crippen molar-refractivity contribution in [1.82, 2.24) is 9.62 Å². The molecule has 7 heteroatoms. The Labute approximate surface area is 113 Å². The Morgan fingerprint density at radius 3 is 2.63 bits per heavy atom. The molecule has 0 aliphatic carbocycles. The number of furan rings is 1. The zero-order valence-corrected chi connectivity index (χ0v) is 11.7. The molecule has 0 aromatic carbocycles. The van der Waals surface area contributed by atoms with Gasteiger partial charge in [0.25, 0.3) is 10.0 Å². The van der Waals surface area contributed by atoms with Crippen LogP contribution in [0.25, 0.3) is 0 Å². The predicted octanol–water partition coefficient (Wildman–Crippen LogP) is 0.536. The fraction of sp³-hybridized carbons (Fsp3) is 0.667. The molecule has 2 rings (SSSR count). The van der Waals surface area contributed by atoms with Crippen LogP contribution in [0.4, 0.5) is 0 Å². The largest absolute Gasteiger partial charge is 0.446 e. The fourth-order valence-electron chi connectivity index (χ4n) is 2.18. The van der Waals surface area contributed by atoms with Crippen LogP contribution in [0.3, 0.4) is 0 Å². The number of rotatable bonds is 6. The summed E-state index contributed by atoms with van der Waals surface area (Å²) in [4.78, 5) is 2.26. The molecule has 0 bridgehead atoms. The number of nitrogens with one attached hydrogen (secondary N) is 1. The van der Waals surface area contributed by atoms with Crippen molar-refractivity contribution in [3.05, 3.63) is 17.9 Å². The van der Waals surface area contributed by atoms with E-state index in [0.29, 0.717) is 13.1 Å². The summed E-state index contributed by atoms with van der Waals surface area (Å²) in [6.07, 6.45) is 3.63. The molecular weight excluding hydrogens is 268 g/mol. The monoisotopic (exact) mass is 288 g/mol. The summed E-state index contributed by atoms with van der Waals surface area (Å²) in [7, 11) is -3.60. The molecule has 0 atom stereocenters. The molecular formula is C12H20N2O4S. The molecule has 0 spiro atoms. The van der Waals surface area contributed by atoms with Crippen LogP contribution in [0.5, 0.6) is 0 Å². The number of sulfonamides is 1. The van der Waals surface area contributed by atoms with Crippen molar-refractivity contribution in [3.8, 4) is 0 Å². The van der Waals surface area contributed by atoms with Gasteiger partial charge in [-0.3, -0.25) is 0 Å². The molecule has 1 aromatic rings. The van der Waals surface area contributed by atoms with Crippen LogP contribution in [0, 0.1) is 0 Å². The van der Waals surface area contributed by atoms with Crippen molar-refractivity contribution in [3.63, 3.8) is 0 Å². The van der Waals surface area contributed by atoms with Crippen molar-refractivity contribution in [2.75, 3.05) is 26.2 Å². The Kier molecular flexibility index (Phi) is 4.98. The molecule has 1 fully saturated rings. The normalized spacial score (nSPS) is 17.7. The Morgan fingerprint density at radius 2 is 2.00 bits per heavy atom. The van der Waals surface area contributed by atoms with Crippen molar-refractivity contribution >= 4 is 10.0 Å². The quantitative estimate of drug-likeness (QED) is 0.798. The second-order valence-electron chi connectivity index (χ2n) is 4.68. The lowest BCUT2D eigenvalue weighted by molar-refractivity contribution is 0.231. The van der Waals surface area contributed by atoms with Crippen LogP contribution in [-0.2, 0) is 16.6 Å². The number of nitrogens with zero attached hydrogens (tertiary/aromatic N) is 1. The third kappa shape index (κ3) is 4.04. The summed E-state index contributed by atoms with van der Waals surface area (Å²) < 4.78 is 31.3. The Hall–Kier alpha value is -0.890. The Bertz CT molecular complexity index is 492. The summed E-state index contributed by atoms with van der Waals surface area (Å²) in [5, 5.41) is 8.70. The van der Waals surface area contributed by atoms with Gasteiger partial charge in [-0.25, -0.2) is 13.1 Å². The summed E-state index contributed by atoms with van der Waals surface area (Å²) in [6, 6.07) is 2.81. The summed E-state index contributed by atoms with van der Waals surface area (Å²) in [6.45, 7) is 2.86. The van der Waals surface area contributed by atoms with Gasteiger partial charge < -0.3 is 14.4 Å². The summed E-state index contributed by atoms with van der Waals surface area (Å²) in [5.41, 5.74) is 0. The second-order valence-corrected chi connectivity index (χ2v) is 6.38. The summed E-state index contributed by atoms with van der Waals surface area (Å²) in [5.74, 6) is 0.247. The number of hydrogen-bond acceptors (Lipinski definition) is 5. The van der Waals surface area contributed by atoms with E-state index in [4.69, 9.17) is 9.52 Å². The van der Waals surface area contributed by atoms with E-state index in [1.165, 1.54) is 31.4 Å². The lowest BCUT2D eigenvalue weighted by Gasteiger charge is -2.26. The van der Waals surface area contributed by atoms with Crippen molar-refractivity contribution in [1.29, 1.82) is 0 Å². The molecule has 1 aliphatic heterocycles. The number of likely N-dealkylation sites (tertiary alicyclic amines) is 1. The second kappa shape index (κ2) is 6.51. The summed E-state index contributed by atoms with van der Waals surface area (Å²) >= 11 is 0. The smallest absolute Gasteiger partial charge is 0.274 e. The molecule has 0 unspecified atom stereocenters. The highest BCUT2D eigenvalue weighted by Gasteiger charge is 2.19. The van der Waals surface area contributed by atoms with Crippen LogP contribution in [0.15, 0.2) is 21.6 Å². The Morgan fingerprint density at radius 1 is 1.26 bits per heavy atom. The molecule has 1 aromatic heterocycles. The molecule has 0 radical (unpaired) electrons. The lowest BCUT2D eigenvalue weighted by Crippen LogP contribution is -2.37. The van der Waals surface area contributed by atoms with Crippen molar-refractivity contribution in [2.45, 2.75) is 31.0 Å². The molecule has 1 saturated heterocycles. The van der Waals surface area contributed by atoms with Crippen LogP contribution in [0.2, 0.25) is 0 Å². The highest BCUT2D eigenvalue weighted by Crippen LogP contribution is 2.13. The van der Waals surface area contributed by atoms with E-state index in [-0.39, 0.29) is 17.5 Å². The molecule has 2 heterocycles. The minimum Gasteiger partial charge on any atom is -0.446 e. The van der Waals surface area contributed by atoms with Gasteiger partial charge in [0, 0.05) is 13.1 Å². The van der Waals surface area contributed by atoms with E-state index in [9.17, 15) is 8.42 Å². The van der Waals surface area contributed by atoms with E-state index in [1.807, 2.05) is 0 Å². The topological polar surface area (TPSA) is 82.8 Å². The van der Waals surface area contributed by atoms with Gasteiger partial charge in [0.05, 0.1) is 0 Å². The van der Waals surface area contributed by atoms with Gasteiger partial charge in [-0.05, 0) is 38.1 Å². The van der Waals surface area contributed by atoms with Crippen molar-refractivity contribution < 1.29 is 17.9 Å².